The van der Waals surface area contributed by atoms with Crippen LogP contribution in [0.1, 0.15) is 25.5 Å². The second-order valence-electron chi connectivity index (χ2n) is 4.97. The molecule has 0 radical (unpaired) electrons. The highest BCUT2D eigenvalue weighted by molar-refractivity contribution is 7.89. The van der Waals surface area contributed by atoms with E-state index in [4.69, 9.17) is 4.74 Å². The number of hydrogen-bond acceptors (Lipinski definition) is 4. The zero-order chi connectivity index (χ0) is 16.4. The van der Waals surface area contributed by atoms with Gasteiger partial charge in [0.25, 0.3) is 0 Å². The second kappa shape index (κ2) is 6.51. The van der Waals surface area contributed by atoms with Gasteiger partial charge in [-0.25, -0.2) is 8.42 Å². The molecule has 0 spiro atoms. The van der Waals surface area contributed by atoms with E-state index in [1.807, 2.05) is 0 Å². The molecule has 22 heavy (non-hydrogen) atoms. The minimum Gasteiger partial charge on any atom is -0.377 e. The third-order valence-corrected chi connectivity index (χ3v) is 5.37. The van der Waals surface area contributed by atoms with Crippen molar-refractivity contribution in [1.29, 1.82) is 0 Å². The second-order valence-corrected chi connectivity index (χ2v) is 6.91. The summed E-state index contributed by atoms with van der Waals surface area (Å²) in [5.74, 6) is 0. The predicted molar refractivity (Wildman–Crippen MR) is 72.6 cm³/mol. The van der Waals surface area contributed by atoms with Gasteiger partial charge in [-0.15, -0.1) is 0 Å². The molecule has 1 aliphatic heterocycles. The number of sulfonamides is 1. The first kappa shape index (κ1) is 17.2. The molecule has 0 aliphatic carbocycles. The van der Waals surface area contributed by atoms with Gasteiger partial charge in [0.15, 0.2) is 0 Å². The number of nitrogens with zero attached hydrogens (tertiary/aromatic N) is 2. The molecule has 1 atom stereocenters. The van der Waals surface area contributed by atoms with Crippen LogP contribution in [0.2, 0.25) is 0 Å². The number of pyridine rings is 1. The van der Waals surface area contributed by atoms with Crippen LogP contribution in [0.15, 0.2) is 23.2 Å². The minimum absolute atomic E-state index is 0.169. The molecular weight excluding hydrogens is 321 g/mol. The summed E-state index contributed by atoms with van der Waals surface area (Å²) in [7, 11) is -3.88. The van der Waals surface area contributed by atoms with Crippen molar-refractivity contribution in [3.63, 3.8) is 0 Å². The van der Waals surface area contributed by atoms with Crippen LogP contribution in [-0.4, -0.2) is 43.5 Å². The number of rotatable bonds is 5. The summed E-state index contributed by atoms with van der Waals surface area (Å²) in [6.45, 7) is 2.68. The molecule has 2 rings (SSSR count). The lowest BCUT2D eigenvalue weighted by Crippen LogP contribution is -2.37. The Morgan fingerprint density at radius 2 is 2.14 bits per heavy atom. The Balaban J connectivity index is 2.20. The van der Waals surface area contributed by atoms with E-state index in [2.05, 4.69) is 4.98 Å². The van der Waals surface area contributed by atoms with E-state index >= 15 is 0 Å². The topological polar surface area (TPSA) is 59.5 Å². The summed E-state index contributed by atoms with van der Waals surface area (Å²) >= 11 is 0. The van der Waals surface area contributed by atoms with Crippen LogP contribution in [0.25, 0.3) is 0 Å². The van der Waals surface area contributed by atoms with Crippen LogP contribution >= 0.6 is 0 Å². The van der Waals surface area contributed by atoms with E-state index in [-0.39, 0.29) is 24.1 Å². The van der Waals surface area contributed by atoms with E-state index in [0.29, 0.717) is 12.7 Å². The average molecular weight is 338 g/mol. The fraction of sp³-hybridized carbons (Fsp3) is 0.615. The maximum absolute atomic E-state index is 12.5. The van der Waals surface area contributed by atoms with Crippen molar-refractivity contribution in [2.24, 2.45) is 0 Å². The SMILES string of the molecule is CCN(C[C@@H]1CCCO1)S(=O)(=O)c1ccc(C(F)(F)F)nc1. The van der Waals surface area contributed by atoms with Gasteiger partial charge in [-0.3, -0.25) is 4.98 Å². The number of aromatic nitrogens is 1. The number of halogens is 3. The van der Waals surface area contributed by atoms with Gasteiger partial charge in [0.2, 0.25) is 10.0 Å². The normalized spacial score (nSPS) is 19.8. The molecular formula is C13H17F3N2O3S. The molecule has 9 heteroatoms. The lowest BCUT2D eigenvalue weighted by Gasteiger charge is -2.23. The van der Waals surface area contributed by atoms with E-state index in [0.717, 1.165) is 25.1 Å². The van der Waals surface area contributed by atoms with E-state index in [1.54, 1.807) is 6.92 Å². The Bertz CT molecular complexity index is 596. The van der Waals surface area contributed by atoms with Gasteiger partial charge in [0.05, 0.1) is 6.10 Å². The van der Waals surface area contributed by atoms with Crippen molar-refractivity contribution >= 4 is 10.0 Å². The molecule has 0 aromatic carbocycles. The first-order valence-electron chi connectivity index (χ1n) is 6.90. The lowest BCUT2D eigenvalue weighted by atomic mass is 10.2. The number of ether oxygens (including phenoxy) is 1. The minimum atomic E-state index is -4.59. The zero-order valence-corrected chi connectivity index (χ0v) is 12.8. The van der Waals surface area contributed by atoms with Gasteiger partial charge in [-0.05, 0) is 25.0 Å². The summed E-state index contributed by atoms with van der Waals surface area (Å²) in [6, 6.07) is 1.61. The van der Waals surface area contributed by atoms with Crippen molar-refractivity contribution in [1.82, 2.24) is 9.29 Å². The zero-order valence-electron chi connectivity index (χ0n) is 12.0. The summed E-state index contributed by atoms with van der Waals surface area (Å²) in [5.41, 5.74) is -1.12. The average Bonchev–Trinajstić information content (AvgIpc) is 2.96. The van der Waals surface area contributed by atoms with Crippen molar-refractivity contribution in [3.05, 3.63) is 24.0 Å². The highest BCUT2D eigenvalue weighted by Gasteiger charge is 2.33. The third-order valence-electron chi connectivity index (χ3n) is 3.45. The first-order chi connectivity index (χ1) is 10.2. The Hall–Kier alpha value is -1.19. The van der Waals surface area contributed by atoms with Gasteiger partial charge >= 0.3 is 6.18 Å². The third kappa shape index (κ3) is 3.76. The smallest absolute Gasteiger partial charge is 0.377 e. The van der Waals surface area contributed by atoms with Crippen LogP contribution in [0.4, 0.5) is 13.2 Å². The molecule has 0 amide bonds. The highest BCUT2D eigenvalue weighted by Crippen LogP contribution is 2.28. The highest BCUT2D eigenvalue weighted by atomic mass is 32.2. The van der Waals surface area contributed by atoms with Crippen molar-refractivity contribution in [2.75, 3.05) is 19.7 Å². The van der Waals surface area contributed by atoms with Crippen LogP contribution < -0.4 is 0 Å². The first-order valence-corrected chi connectivity index (χ1v) is 8.34. The van der Waals surface area contributed by atoms with Crippen LogP contribution in [0, 0.1) is 0 Å². The van der Waals surface area contributed by atoms with Gasteiger partial charge < -0.3 is 4.74 Å². The fourth-order valence-corrected chi connectivity index (χ4v) is 3.69. The van der Waals surface area contributed by atoms with E-state index < -0.39 is 21.9 Å². The standard InChI is InChI=1S/C13H17F3N2O3S/c1-2-18(9-10-4-3-7-21-10)22(19,20)11-5-6-12(17-8-11)13(14,15)16/h5-6,8,10H,2-4,7,9H2,1H3/t10-/m0/s1. The molecule has 1 aromatic heterocycles. The van der Waals surface area contributed by atoms with Crippen molar-refractivity contribution in [3.8, 4) is 0 Å². The molecule has 0 saturated carbocycles. The Morgan fingerprint density at radius 3 is 2.59 bits per heavy atom. The maximum Gasteiger partial charge on any atom is 0.433 e. The molecule has 2 heterocycles. The van der Waals surface area contributed by atoms with E-state index in [9.17, 15) is 21.6 Å². The number of alkyl halides is 3. The Labute approximate surface area is 127 Å². The molecule has 124 valence electrons. The van der Waals surface area contributed by atoms with Crippen molar-refractivity contribution < 1.29 is 26.3 Å². The molecule has 1 saturated heterocycles. The fourth-order valence-electron chi connectivity index (χ4n) is 2.26. The molecule has 0 N–H and O–H groups in total. The van der Waals surface area contributed by atoms with Crippen molar-refractivity contribution in [2.45, 2.75) is 36.9 Å². The summed E-state index contributed by atoms with van der Waals surface area (Å²) in [5, 5.41) is 0. The molecule has 0 unspecified atom stereocenters. The lowest BCUT2D eigenvalue weighted by molar-refractivity contribution is -0.141. The number of likely N-dealkylation sites (N-methyl/N-ethyl adjacent to an activating group) is 1. The summed E-state index contributed by atoms with van der Waals surface area (Å²) in [6.07, 6.45) is -2.36. The largest absolute Gasteiger partial charge is 0.433 e. The molecule has 1 aromatic rings. The Morgan fingerprint density at radius 1 is 1.41 bits per heavy atom. The van der Waals surface area contributed by atoms with Gasteiger partial charge in [-0.1, -0.05) is 6.92 Å². The Kier molecular flexibility index (Phi) is 5.08. The van der Waals surface area contributed by atoms with Gasteiger partial charge in [-0.2, -0.15) is 17.5 Å². The van der Waals surface area contributed by atoms with Crippen LogP contribution in [0.3, 0.4) is 0 Å². The van der Waals surface area contributed by atoms with Crippen LogP contribution in [-0.2, 0) is 20.9 Å². The molecule has 0 bridgehead atoms. The molecule has 1 fully saturated rings. The monoisotopic (exact) mass is 338 g/mol. The van der Waals surface area contributed by atoms with Crippen LogP contribution in [0.5, 0.6) is 0 Å². The molecule has 5 nitrogen and oxygen atoms in total. The predicted octanol–water partition coefficient (Wildman–Crippen LogP) is 2.29. The maximum atomic E-state index is 12.5. The quantitative estimate of drug-likeness (QED) is 0.826. The summed E-state index contributed by atoms with van der Waals surface area (Å²) in [4.78, 5) is 2.95. The molecule has 1 aliphatic rings. The summed E-state index contributed by atoms with van der Waals surface area (Å²) < 4.78 is 69.0. The van der Waals surface area contributed by atoms with Gasteiger partial charge in [0.1, 0.15) is 10.6 Å². The van der Waals surface area contributed by atoms with E-state index in [1.165, 1.54) is 4.31 Å². The van der Waals surface area contributed by atoms with Gasteiger partial charge in [0, 0.05) is 25.9 Å². The number of hydrogen-bond donors (Lipinski definition) is 0.